The number of pyridine rings is 2. The fraction of sp³-hybridized carbons (Fsp3) is 0.304. The molecule has 5 aromatic heterocycles. The van der Waals surface area contributed by atoms with Crippen LogP contribution in [0, 0.1) is 5.41 Å². The molecule has 7 nitrogen and oxygen atoms in total. The van der Waals surface area contributed by atoms with Gasteiger partial charge in [0.1, 0.15) is 17.0 Å². The van der Waals surface area contributed by atoms with Crippen molar-refractivity contribution in [3.8, 4) is 0 Å². The standard InChI is InChI=1S/C23H20ClN7S2/c24-19-15(3-6-26-20(19)25)33-16-1-2-18-29-21(14-11-27-22(16)31(14)18)30-7-4-23(5-8-30)9-13-17(10-23)32-12-28-13/h1-3,6,11-12H,4-5,7-10H2,(H2,25,26). The summed E-state index contributed by atoms with van der Waals surface area (Å²) in [5, 5.41) is 0.474. The number of nitrogens with two attached hydrogens (primary N) is 1. The molecule has 2 aliphatic rings. The Bertz CT molecular complexity index is 1480. The topological polar surface area (TPSA) is 85.2 Å². The van der Waals surface area contributed by atoms with Crippen molar-refractivity contribution >= 4 is 63.1 Å². The second kappa shape index (κ2) is 7.19. The van der Waals surface area contributed by atoms with Crippen LogP contribution in [0.3, 0.4) is 0 Å². The van der Waals surface area contributed by atoms with E-state index < -0.39 is 0 Å². The first kappa shape index (κ1) is 19.8. The van der Waals surface area contributed by atoms with Crippen molar-refractivity contribution in [2.45, 2.75) is 35.5 Å². The molecule has 0 unspecified atom stereocenters. The van der Waals surface area contributed by atoms with Gasteiger partial charge in [0.25, 0.3) is 0 Å². The summed E-state index contributed by atoms with van der Waals surface area (Å²) in [5.41, 5.74) is 12.5. The van der Waals surface area contributed by atoms with Crippen LogP contribution in [-0.2, 0) is 12.8 Å². The Morgan fingerprint density at radius 1 is 1.06 bits per heavy atom. The Morgan fingerprint density at radius 2 is 1.94 bits per heavy atom. The lowest BCUT2D eigenvalue weighted by molar-refractivity contribution is 0.232. The van der Waals surface area contributed by atoms with Gasteiger partial charge in [-0.15, -0.1) is 11.3 Å². The lowest BCUT2D eigenvalue weighted by Gasteiger charge is -2.39. The van der Waals surface area contributed by atoms with Crippen LogP contribution in [0.1, 0.15) is 23.4 Å². The highest BCUT2D eigenvalue weighted by atomic mass is 35.5. The van der Waals surface area contributed by atoms with Crippen molar-refractivity contribution in [1.82, 2.24) is 24.3 Å². The molecule has 6 heterocycles. The molecule has 1 spiro atoms. The molecule has 0 aromatic carbocycles. The zero-order valence-electron chi connectivity index (χ0n) is 17.7. The van der Waals surface area contributed by atoms with Crippen molar-refractivity contribution in [2.75, 3.05) is 23.7 Å². The molecule has 33 heavy (non-hydrogen) atoms. The highest BCUT2D eigenvalue weighted by Crippen LogP contribution is 2.46. The van der Waals surface area contributed by atoms with Crippen LogP contribution in [-0.4, -0.2) is 37.4 Å². The third-order valence-electron chi connectivity index (χ3n) is 7.07. The molecule has 7 rings (SSSR count). The minimum Gasteiger partial charge on any atom is -0.382 e. The Labute approximate surface area is 203 Å². The predicted molar refractivity (Wildman–Crippen MR) is 133 cm³/mol. The minimum atomic E-state index is 0.337. The Hall–Kier alpha value is -2.62. The van der Waals surface area contributed by atoms with E-state index >= 15 is 0 Å². The van der Waals surface area contributed by atoms with Crippen molar-refractivity contribution in [3.05, 3.63) is 51.7 Å². The molecule has 1 aliphatic heterocycles. The monoisotopic (exact) mass is 493 g/mol. The summed E-state index contributed by atoms with van der Waals surface area (Å²) in [6.07, 6.45) is 8.29. The van der Waals surface area contributed by atoms with Gasteiger partial charge in [-0.3, -0.25) is 4.40 Å². The third kappa shape index (κ3) is 3.02. The number of anilines is 2. The highest BCUT2D eigenvalue weighted by molar-refractivity contribution is 7.99. The predicted octanol–water partition coefficient (Wildman–Crippen LogP) is 4.94. The molecular formula is C23H20ClN7S2. The number of fused-ring (bicyclic) bond motifs is 1. The molecule has 1 fully saturated rings. The zero-order valence-corrected chi connectivity index (χ0v) is 20.1. The summed E-state index contributed by atoms with van der Waals surface area (Å²) in [5.74, 6) is 1.37. The largest absolute Gasteiger partial charge is 0.382 e. The van der Waals surface area contributed by atoms with Crippen LogP contribution in [0.4, 0.5) is 11.6 Å². The van der Waals surface area contributed by atoms with Gasteiger partial charge in [0.05, 0.1) is 27.3 Å². The van der Waals surface area contributed by atoms with Gasteiger partial charge in [-0.05, 0) is 49.3 Å². The van der Waals surface area contributed by atoms with Crippen LogP contribution < -0.4 is 10.6 Å². The molecule has 0 atom stereocenters. The van der Waals surface area contributed by atoms with Gasteiger partial charge in [0, 0.05) is 29.1 Å². The van der Waals surface area contributed by atoms with Gasteiger partial charge < -0.3 is 10.6 Å². The molecule has 0 bridgehead atoms. The quantitative estimate of drug-likeness (QED) is 0.381. The average Bonchev–Trinajstić information content (AvgIpc) is 3.57. The van der Waals surface area contributed by atoms with E-state index in [4.69, 9.17) is 27.3 Å². The number of imidazole rings is 2. The molecule has 1 saturated heterocycles. The summed E-state index contributed by atoms with van der Waals surface area (Å²) in [6, 6.07) is 5.99. The summed E-state index contributed by atoms with van der Waals surface area (Å²) in [7, 11) is 0. The van der Waals surface area contributed by atoms with Crippen LogP contribution in [0.5, 0.6) is 0 Å². The number of thiazole rings is 1. The smallest absolute Gasteiger partial charge is 0.157 e. The van der Waals surface area contributed by atoms with Crippen LogP contribution in [0.25, 0.3) is 16.8 Å². The van der Waals surface area contributed by atoms with E-state index in [0.29, 0.717) is 16.3 Å². The highest BCUT2D eigenvalue weighted by Gasteiger charge is 2.41. The number of nitrogens with zero attached hydrogens (tertiary/aromatic N) is 6. The van der Waals surface area contributed by atoms with E-state index in [1.807, 2.05) is 29.1 Å². The van der Waals surface area contributed by atoms with E-state index in [0.717, 1.165) is 51.9 Å². The van der Waals surface area contributed by atoms with Gasteiger partial charge in [-0.2, -0.15) is 0 Å². The SMILES string of the molecule is Nc1nccc(Sc2ccc3nc(N4CCC5(CC4)Cc4ncsc4C5)c4cnc2n34)c1Cl. The second-order valence-electron chi connectivity index (χ2n) is 8.97. The molecular weight excluding hydrogens is 474 g/mol. The number of aromatic nitrogens is 5. The Kier molecular flexibility index (Phi) is 4.32. The number of rotatable bonds is 3. The van der Waals surface area contributed by atoms with Crippen LogP contribution in [0.15, 0.2) is 45.9 Å². The minimum absolute atomic E-state index is 0.337. The van der Waals surface area contributed by atoms with Gasteiger partial charge in [0.2, 0.25) is 0 Å². The van der Waals surface area contributed by atoms with E-state index in [1.165, 1.54) is 29.8 Å². The van der Waals surface area contributed by atoms with Crippen molar-refractivity contribution in [3.63, 3.8) is 0 Å². The average molecular weight is 494 g/mol. The normalized spacial score (nSPS) is 17.5. The lowest BCUT2D eigenvalue weighted by Crippen LogP contribution is -2.41. The maximum absolute atomic E-state index is 6.37. The molecule has 1 aliphatic carbocycles. The fourth-order valence-electron chi connectivity index (χ4n) is 5.30. The summed E-state index contributed by atoms with van der Waals surface area (Å²) < 4.78 is 2.15. The third-order valence-corrected chi connectivity index (χ3v) is 9.56. The van der Waals surface area contributed by atoms with Crippen molar-refractivity contribution in [2.24, 2.45) is 5.41 Å². The number of halogens is 1. The van der Waals surface area contributed by atoms with Gasteiger partial charge in [-0.25, -0.2) is 19.9 Å². The molecule has 0 saturated carbocycles. The number of piperidine rings is 1. The summed E-state index contributed by atoms with van der Waals surface area (Å²) in [4.78, 5) is 24.2. The fourth-order valence-corrected chi connectivity index (χ4v) is 7.42. The van der Waals surface area contributed by atoms with E-state index in [1.54, 1.807) is 18.0 Å². The van der Waals surface area contributed by atoms with E-state index in [2.05, 4.69) is 31.4 Å². The first-order chi connectivity index (χ1) is 16.1. The molecule has 0 radical (unpaired) electrons. The van der Waals surface area contributed by atoms with Crippen LogP contribution >= 0.6 is 34.7 Å². The molecule has 0 amide bonds. The maximum Gasteiger partial charge on any atom is 0.157 e. The molecule has 2 N–H and O–H groups in total. The molecule has 166 valence electrons. The second-order valence-corrected chi connectivity index (χ2v) is 11.4. The Balaban J connectivity index is 1.18. The summed E-state index contributed by atoms with van der Waals surface area (Å²) in [6.45, 7) is 2.03. The lowest BCUT2D eigenvalue weighted by atomic mass is 9.76. The van der Waals surface area contributed by atoms with Gasteiger partial charge in [-0.1, -0.05) is 23.4 Å². The van der Waals surface area contributed by atoms with Crippen molar-refractivity contribution < 1.29 is 0 Å². The number of hydrogen-bond donors (Lipinski definition) is 1. The first-order valence-corrected chi connectivity index (χ1v) is 13.0. The van der Waals surface area contributed by atoms with E-state index in [-0.39, 0.29) is 0 Å². The van der Waals surface area contributed by atoms with Gasteiger partial charge in [0.15, 0.2) is 11.5 Å². The van der Waals surface area contributed by atoms with Crippen molar-refractivity contribution in [1.29, 1.82) is 0 Å². The van der Waals surface area contributed by atoms with E-state index in [9.17, 15) is 0 Å². The number of hydrogen-bond acceptors (Lipinski definition) is 8. The Morgan fingerprint density at radius 3 is 2.79 bits per heavy atom. The number of nitrogen functional groups attached to an aromatic ring is 1. The zero-order chi connectivity index (χ0) is 22.2. The first-order valence-electron chi connectivity index (χ1n) is 10.9. The maximum atomic E-state index is 6.37. The molecule has 10 heteroatoms. The van der Waals surface area contributed by atoms with Crippen LogP contribution in [0.2, 0.25) is 5.02 Å². The van der Waals surface area contributed by atoms with Gasteiger partial charge >= 0.3 is 0 Å². The molecule has 5 aromatic rings. The summed E-state index contributed by atoms with van der Waals surface area (Å²) >= 11 is 9.74.